The quantitative estimate of drug-likeness (QED) is 0.925. The van der Waals surface area contributed by atoms with E-state index in [0.29, 0.717) is 6.04 Å². The Bertz CT molecular complexity index is 564. The van der Waals surface area contributed by atoms with Crippen LogP contribution >= 0.6 is 11.3 Å². The Hall–Kier alpha value is -1.73. The van der Waals surface area contributed by atoms with Crippen LogP contribution in [0.4, 0.5) is 11.1 Å². The smallest absolute Gasteiger partial charge is 0.225 e. The number of hydrogen-bond donors (Lipinski definition) is 1. The fourth-order valence-electron chi connectivity index (χ4n) is 2.32. The molecule has 21 heavy (non-hydrogen) atoms. The topological polar surface area (TPSA) is 57.2 Å². The average Bonchev–Trinajstić information content (AvgIpc) is 3.05. The van der Waals surface area contributed by atoms with Crippen LogP contribution in [0.25, 0.3) is 0 Å². The molecule has 1 aliphatic rings. The molecule has 1 saturated heterocycles. The van der Waals surface area contributed by atoms with Crippen molar-refractivity contribution < 1.29 is 0 Å². The normalized spacial score (nSPS) is 17.0. The predicted octanol–water partition coefficient (Wildman–Crippen LogP) is 1.54. The van der Waals surface area contributed by atoms with Gasteiger partial charge in [-0.05, 0) is 20.0 Å². The molecule has 112 valence electrons. The molecule has 7 heteroatoms. The minimum Gasteiger partial charge on any atom is -0.345 e. The molecule has 1 atom stereocenters. The van der Waals surface area contributed by atoms with E-state index in [9.17, 15) is 0 Å². The van der Waals surface area contributed by atoms with Gasteiger partial charge in [0.25, 0.3) is 0 Å². The second kappa shape index (κ2) is 6.36. The monoisotopic (exact) mass is 304 g/mol. The van der Waals surface area contributed by atoms with Gasteiger partial charge in [0.2, 0.25) is 5.95 Å². The molecule has 1 N–H and O–H groups in total. The molecule has 0 bridgehead atoms. The molecule has 0 spiro atoms. The first-order valence-electron chi connectivity index (χ1n) is 7.18. The lowest BCUT2D eigenvalue weighted by molar-refractivity contribution is 0.638. The van der Waals surface area contributed by atoms with E-state index in [1.54, 1.807) is 23.7 Å². The SMILES string of the molecule is CNC(C)c1cnc(N2CCN(c3ncccn3)CC2)s1. The van der Waals surface area contributed by atoms with Gasteiger partial charge in [-0.15, -0.1) is 11.3 Å². The summed E-state index contributed by atoms with van der Waals surface area (Å²) < 4.78 is 0. The molecule has 1 fully saturated rings. The van der Waals surface area contributed by atoms with Gasteiger partial charge in [-0.25, -0.2) is 15.0 Å². The third-order valence-electron chi connectivity index (χ3n) is 3.76. The highest BCUT2D eigenvalue weighted by Gasteiger charge is 2.21. The lowest BCUT2D eigenvalue weighted by Crippen LogP contribution is -2.47. The molecule has 0 saturated carbocycles. The number of thiazole rings is 1. The van der Waals surface area contributed by atoms with Gasteiger partial charge in [-0.2, -0.15) is 0 Å². The zero-order valence-corrected chi connectivity index (χ0v) is 13.2. The fraction of sp³-hybridized carbons (Fsp3) is 0.500. The van der Waals surface area contributed by atoms with Crippen LogP contribution < -0.4 is 15.1 Å². The van der Waals surface area contributed by atoms with E-state index in [1.807, 2.05) is 19.3 Å². The van der Waals surface area contributed by atoms with E-state index in [0.717, 1.165) is 37.3 Å². The van der Waals surface area contributed by atoms with Crippen molar-refractivity contribution in [1.82, 2.24) is 20.3 Å². The summed E-state index contributed by atoms with van der Waals surface area (Å²) in [4.78, 5) is 19.0. The molecule has 3 heterocycles. The number of nitrogens with zero attached hydrogens (tertiary/aromatic N) is 5. The highest BCUT2D eigenvalue weighted by molar-refractivity contribution is 7.15. The summed E-state index contributed by atoms with van der Waals surface area (Å²) in [5.74, 6) is 0.820. The van der Waals surface area contributed by atoms with Crippen molar-refractivity contribution in [2.24, 2.45) is 0 Å². The summed E-state index contributed by atoms with van der Waals surface area (Å²) in [5.41, 5.74) is 0. The highest BCUT2D eigenvalue weighted by Crippen LogP contribution is 2.27. The van der Waals surface area contributed by atoms with E-state index < -0.39 is 0 Å². The summed E-state index contributed by atoms with van der Waals surface area (Å²) in [6.45, 7) is 5.93. The van der Waals surface area contributed by atoms with E-state index in [4.69, 9.17) is 0 Å². The summed E-state index contributed by atoms with van der Waals surface area (Å²) in [6.07, 6.45) is 5.57. The number of hydrogen-bond acceptors (Lipinski definition) is 7. The molecule has 1 unspecified atom stereocenters. The second-order valence-corrected chi connectivity index (χ2v) is 6.12. The molecule has 0 radical (unpaired) electrons. The third-order valence-corrected chi connectivity index (χ3v) is 5.00. The van der Waals surface area contributed by atoms with Gasteiger partial charge in [-0.1, -0.05) is 0 Å². The van der Waals surface area contributed by atoms with Crippen LogP contribution in [0.1, 0.15) is 17.8 Å². The van der Waals surface area contributed by atoms with Crippen LogP contribution in [0, 0.1) is 0 Å². The molecule has 0 amide bonds. The Balaban J connectivity index is 1.62. The average molecular weight is 304 g/mol. The molecule has 1 aliphatic heterocycles. The summed E-state index contributed by atoms with van der Waals surface area (Å²) >= 11 is 1.77. The standard InChI is InChI=1S/C14H20N6S/c1-11(15-2)12-10-18-14(21-12)20-8-6-19(7-9-20)13-16-4-3-5-17-13/h3-5,10-11,15H,6-9H2,1-2H3. The maximum atomic E-state index is 4.56. The fourth-order valence-corrected chi connectivity index (χ4v) is 3.35. The van der Waals surface area contributed by atoms with Crippen molar-refractivity contribution in [1.29, 1.82) is 0 Å². The van der Waals surface area contributed by atoms with Crippen molar-refractivity contribution in [3.05, 3.63) is 29.5 Å². The molecular weight excluding hydrogens is 284 g/mol. The van der Waals surface area contributed by atoms with E-state index in [1.165, 1.54) is 4.88 Å². The minimum atomic E-state index is 0.357. The van der Waals surface area contributed by atoms with E-state index >= 15 is 0 Å². The number of nitrogens with one attached hydrogen (secondary N) is 1. The largest absolute Gasteiger partial charge is 0.345 e. The van der Waals surface area contributed by atoms with Crippen LogP contribution in [0.3, 0.4) is 0 Å². The Morgan fingerprint density at radius 2 is 1.76 bits per heavy atom. The van der Waals surface area contributed by atoms with Crippen LogP contribution in [0.5, 0.6) is 0 Å². The van der Waals surface area contributed by atoms with Crippen molar-refractivity contribution in [2.75, 3.05) is 43.0 Å². The molecule has 2 aromatic heterocycles. The summed E-state index contributed by atoms with van der Waals surface area (Å²) in [6, 6.07) is 2.20. The first-order chi connectivity index (χ1) is 10.3. The predicted molar refractivity (Wildman–Crippen MR) is 86.0 cm³/mol. The van der Waals surface area contributed by atoms with Crippen molar-refractivity contribution in [3.63, 3.8) is 0 Å². The van der Waals surface area contributed by atoms with Crippen molar-refractivity contribution in [2.45, 2.75) is 13.0 Å². The van der Waals surface area contributed by atoms with Crippen molar-refractivity contribution >= 4 is 22.4 Å². The highest BCUT2D eigenvalue weighted by atomic mass is 32.1. The zero-order chi connectivity index (χ0) is 14.7. The molecule has 6 nitrogen and oxygen atoms in total. The molecule has 0 aliphatic carbocycles. The second-order valence-electron chi connectivity index (χ2n) is 5.08. The Kier molecular flexibility index (Phi) is 4.31. The number of aromatic nitrogens is 3. The van der Waals surface area contributed by atoms with Gasteiger partial charge in [0.05, 0.1) is 0 Å². The number of anilines is 2. The van der Waals surface area contributed by atoms with Crippen LogP contribution in [0.2, 0.25) is 0 Å². The lowest BCUT2D eigenvalue weighted by atomic mass is 10.3. The summed E-state index contributed by atoms with van der Waals surface area (Å²) in [5, 5.41) is 4.36. The lowest BCUT2D eigenvalue weighted by Gasteiger charge is -2.34. The van der Waals surface area contributed by atoms with Gasteiger partial charge in [-0.3, -0.25) is 0 Å². The Morgan fingerprint density at radius 1 is 1.10 bits per heavy atom. The van der Waals surface area contributed by atoms with Crippen LogP contribution in [0.15, 0.2) is 24.7 Å². The Labute approximate surface area is 128 Å². The minimum absolute atomic E-state index is 0.357. The van der Waals surface area contributed by atoms with Gasteiger partial charge < -0.3 is 15.1 Å². The van der Waals surface area contributed by atoms with Gasteiger partial charge in [0.15, 0.2) is 5.13 Å². The van der Waals surface area contributed by atoms with Crippen LogP contribution in [-0.2, 0) is 0 Å². The van der Waals surface area contributed by atoms with E-state index in [-0.39, 0.29) is 0 Å². The summed E-state index contributed by atoms with van der Waals surface area (Å²) in [7, 11) is 1.97. The van der Waals surface area contributed by atoms with E-state index in [2.05, 4.69) is 37.0 Å². The maximum Gasteiger partial charge on any atom is 0.225 e. The number of piperazine rings is 1. The first kappa shape index (κ1) is 14.2. The Morgan fingerprint density at radius 3 is 2.43 bits per heavy atom. The first-order valence-corrected chi connectivity index (χ1v) is 7.99. The van der Waals surface area contributed by atoms with Gasteiger partial charge in [0, 0.05) is 55.7 Å². The van der Waals surface area contributed by atoms with Crippen LogP contribution in [-0.4, -0.2) is 48.2 Å². The molecular formula is C14H20N6S. The van der Waals surface area contributed by atoms with Gasteiger partial charge in [0.1, 0.15) is 0 Å². The third kappa shape index (κ3) is 3.14. The van der Waals surface area contributed by atoms with Gasteiger partial charge >= 0.3 is 0 Å². The molecule has 3 rings (SSSR count). The molecule has 0 aromatic carbocycles. The maximum absolute atomic E-state index is 4.56. The zero-order valence-electron chi connectivity index (χ0n) is 12.4. The molecule has 2 aromatic rings. The number of rotatable bonds is 4. The van der Waals surface area contributed by atoms with Crippen molar-refractivity contribution in [3.8, 4) is 0 Å².